The van der Waals surface area contributed by atoms with Crippen LogP contribution in [0.25, 0.3) is 0 Å². The zero-order chi connectivity index (χ0) is 12.7. The van der Waals surface area contributed by atoms with E-state index in [-0.39, 0.29) is 5.54 Å². The fraction of sp³-hybridized carbons (Fsp3) is 1.00. The molecule has 2 rings (SSSR count). The summed E-state index contributed by atoms with van der Waals surface area (Å²) < 4.78 is 0. The number of nitrogens with two attached hydrogens (primary N) is 1. The van der Waals surface area contributed by atoms with Crippen LogP contribution in [0.5, 0.6) is 0 Å². The van der Waals surface area contributed by atoms with Crippen LogP contribution < -0.4 is 5.73 Å². The van der Waals surface area contributed by atoms with Gasteiger partial charge in [0, 0.05) is 18.1 Å². The van der Waals surface area contributed by atoms with E-state index in [2.05, 4.69) is 32.7 Å². The summed E-state index contributed by atoms with van der Waals surface area (Å²) in [5.74, 6) is 0.724. The molecule has 2 N–H and O–H groups in total. The quantitative estimate of drug-likeness (QED) is 0.819. The van der Waals surface area contributed by atoms with Crippen LogP contribution in [0.15, 0.2) is 0 Å². The standard InChI is InChI=1S/C15H30N2/c1-12-10-14(2,3)8-9-15(12,11-16)17(4)13-6-5-7-13/h12-13H,5-11,16H2,1-4H3. The van der Waals surface area contributed by atoms with E-state index in [4.69, 9.17) is 5.73 Å². The van der Waals surface area contributed by atoms with Crippen molar-refractivity contribution < 1.29 is 0 Å². The summed E-state index contributed by atoms with van der Waals surface area (Å²) in [5, 5.41) is 0. The van der Waals surface area contributed by atoms with Gasteiger partial charge in [-0.2, -0.15) is 0 Å². The molecule has 0 aromatic heterocycles. The minimum Gasteiger partial charge on any atom is -0.329 e. The summed E-state index contributed by atoms with van der Waals surface area (Å²) in [6, 6.07) is 0.808. The molecule has 0 radical (unpaired) electrons. The van der Waals surface area contributed by atoms with E-state index in [1.165, 1.54) is 38.5 Å². The first kappa shape index (κ1) is 13.4. The van der Waals surface area contributed by atoms with Crippen molar-refractivity contribution in [1.82, 2.24) is 4.90 Å². The zero-order valence-corrected chi connectivity index (χ0v) is 12.1. The summed E-state index contributed by atoms with van der Waals surface area (Å²) in [4.78, 5) is 2.65. The fourth-order valence-corrected chi connectivity index (χ4v) is 4.03. The monoisotopic (exact) mass is 238 g/mol. The first-order valence-corrected chi connectivity index (χ1v) is 7.34. The SMILES string of the molecule is CC1CC(C)(C)CCC1(CN)N(C)C1CCC1. The third kappa shape index (κ3) is 2.26. The minimum atomic E-state index is 0.278. The first-order valence-electron chi connectivity index (χ1n) is 7.34. The molecule has 17 heavy (non-hydrogen) atoms. The van der Waals surface area contributed by atoms with Gasteiger partial charge in [-0.1, -0.05) is 27.2 Å². The van der Waals surface area contributed by atoms with Gasteiger partial charge in [-0.05, 0) is 50.5 Å². The second-order valence-electron chi connectivity index (χ2n) is 7.27. The summed E-state index contributed by atoms with van der Waals surface area (Å²) in [7, 11) is 2.32. The van der Waals surface area contributed by atoms with Crippen molar-refractivity contribution in [1.29, 1.82) is 0 Å². The summed E-state index contributed by atoms with van der Waals surface area (Å²) in [6.45, 7) is 8.07. The van der Waals surface area contributed by atoms with Crippen LogP contribution in [0.3, 0.4) is 0 Å². The van der Waals surface area contributed by atoms with E-state index in [0.717, 1.165) is 18.5 Å². The van der Waals surface area contributed by atoms with Crippen LogP contribution in [0, 0.1) is 11.3 Å². The van der Waals surface area contributed by atoms with E-state index >= 15 is 0 Å². The maximum absolute atomic E-state index is 6.19. The highest BCUT2D eigenvalue weighted by molar-refractivity contribution is 5.03. The van der Waals surface area contributed by atoms with E-state index in [1.54, 1.807) is 0 Å². The van der Waals surface area contributed by atoms with Gasteiger partial charge < -0.3 is 5.73 Å². The fourth-order valence-electron chi connectivity index (χ4n) is 4.03. The summed E-state index contributed by atoms with van der Waals surface area (Å²) in [6.07, 6.45) is 8.11. The Kier molecular flexibility index (Phi) is 3.57. The van der Waals surface area contributed by atoms with Crippen LogP contribution in [0.2, 0.25) is 0 Å². The Bertz CT molecular complexity index is 270. The lowest BCUT2D eigenvalue weighted by Crippen LogP contribution is -2.63. The van der Waals surface area contributed by atoms with Crippen molar-refractivity contribution in [2.24, 2.45) is 17.1 Å². The predicted molar refractivity (Wildman–Crippen MR) is 74.0 cm³/mol. The number of nitrogens with zero attached hydrogens (tertiary/aromatic N) is 1. The largest absolute Gasteiger partial charge is 0.329 e. The van der Waals surface area contributed by atoms with E-state index in [9.17, 15) is 0 Å². The molecule has 0 heterocycles. The van der Waals surface area contributed by atoms with Crippen molar-refractivity contribution in [3.63, 3.8) is 0 Å². The molecule has 0 bridgehead atoms. The number of hydrogen-bond donors (Lipinski definition) is 1. The topological polar surface area (TPSA) is 29.3 Å². The Morgan fingerprint density at radius 1 is 1.24 bits per heavy atom. The van der Waals surface area contributed by atoms with Gasteiger partial charge in [0.05, 0.1) is 0 Å². The molecule has 2 unspecified atom stereocenters. The van der Waals surface area contributed by atoms with Crippen molar-refractivity contribution in [2.75, 3.05) is 13.6 Å². The second-order valence-corrected chi connectivity index (χ2v) is 7.27. The minimum absolute atomic E-state index is 0.278. The lowest BCUT2D eigenvalue weighted by molar-refractivity contribution is -0.0477. The Labute approximate surface area is 107 Å². The van der Waals surface area contributed by atoms with Crippen LogP contribution >= 0.6 is 0 Å². The van der Waals surface area contributed by atoms with Crippen molar-refractivity contribution in [3.8, 4) is 0 Å². The normalized spacial score (nSPS) is 38.1. The van der Waals surface area contributed by atoms with Gasteiger partial charge >= 0.3 is 0 Å². The van der Waals surface area contributed by atoms with Crippen molar-refractivity contribution >= 4 is 0 Å². The average Bonchev–Trinajstić information content (AvgIpc) is 2.14. The lowest BCUT2D eigenvalue weighted by atomic mass is 9.62. The zero-order valence-electron chi connectivity index (χ0n) is 12.1. The summed E-state index contributed by atoms with van der Waals surface area (Å²) in [5.41, 5.74) is 6.98. The van der Waals surface area contributed by atoms with E-state index in [0.29, 0.717) is 5.41 Å². The lowest BCUT2D eigenvalue weighted by Gasteiger charge is -2.56. The van der Waals surface area contributed by atoms with E-state index in [1.807, 2.05) is 0 Å². The molecule has 2 aliphatic rings. The number of likely N-dealkylation sites (N-methyl/N-ethyl adjacent to an activating group) is 1. The smallest absolute Gasteiger partial charge is 0.0357 e. The highest BCUT2D eigenvalue weighted by Crippen LogP contribution is 2.47. The average molecular weight is 238 g/mol. The van der Waals surface area contributed by atoms with Gasteiger partial charge in [-0.15, -0.1) is 0 Å². The molecule has 2 fully saturated rings. The number of rotatable bonds is 3. The van der Waals surface area contributed by atoms with Crippen LogP contribution in [-0.2, 0) is 0 Å². The molecule has 0 amide bonds. The number of hydrogen-bond acceptors (Lipinski definition) is 2. The molecule has 2 aliphatic carbocycles. The molecule has 2 saturated carbocycles. The van der Waals surface area contributed by atoms with Gasteiger partial charge in [-0.25, -0.2) is 0 Å². The summed E-state index contributed by atoms with van der Waals surface area (Å²) >= 11 is 0. The first-order chi connectivity index (χ1) is 7.91. The Morgan fingerprint density at radius 3 is 2.29 bits per heavy atom. The van der Waals surface area contributed by atoms with Gasteiger partial charge in [0.2, 0.25) is 0 Å². The Balaban J connectivity index is 2.13. The molecule has 100 valence electrons. The van der Waals surface area contributed by atoms with Crippen molar-refractivity contribution in [3.05, 3.63) is 0 Å². The van der Waals surface area contributed by atoms with Gasteiger partial charge in [0.1, 0.15) is 0 Å². The molecule has 2 atom stereocenters. The highest BCUT2D eigenvalue weighted by atomic mass is 15.2. The third-order valence-corrected chi connectivity index (χ3v) is 5.69. The molecular weight excluding hydrogens is 208 g/mol. The molecule has 0 aliphatic heterocycles. The maximum Gasteiger partial charge on any atom is 0.0357 e. The van der Waals surface area contributed by atoms with Crippen LogP contribution in [0.1, 0.15) is 59.3 Å². The molecule has 0 saturated heterocycles. The highest BCUT2D eigenvalue weighted by Gasteiger charge is 2.47. The van der Waals surface area contributed by atoms with Gasteiger partial charge in [0.15, 0.2) is 0 Å². The second kappa shape index (κ2) is 4.55. The maximum atomic E-state index is 6.19. The molecular formula is C15H30N2. The van der Waals surface area contributed by atoms with Crippen molar-refractivity contribution in [2.45, 2.75) is 70.9 Å². The van der Waals surface area contributed by atoms with Crippen LogP contribution in [0.4, 0.5) is 0 Å². The Morgan fingerprint density at radius 2 is 1.88 bits per heavy atom. The van der Waals surface area contributed by atoms with Gasteiger partial charge in [-0.3, -0.25) is 4.90 Å². The molecule has 2 heteroatoms. The van der Waals surface area contributed by atoms with E-state index < -0.39 is 0 Å². The van der Waals surface area contributed by atoms with Crippen LogP contribution in [-0.4, -0.2) is 30.1 Å². The van der Waals surface area contributed by atoms with Gasteiger partial charge in [0.25, 0.3) is 0 Å². The Hall–Kier alpha value is -0.0800. The third-order valence-electron chi connectivity index (χ3n) is 5.69. The molecule has 0 aromatic rings. The predicted octanol–water partition coefficient (Wildman–Crippen LogP) is 3.01. The molecule has 2 nitrogen and oxygen atoms in total. The molecule has 0 spiro atoms. The molecule has 0 aromatic carbocycles.